The predicted molar refractivity (Wildman–Crippen MR) is 74.1 cm³/mol. The van der Waals surface area contributed by atoms with Crippen LogP contribution in [0.2, 0.25) is 0 Å². The molecule has 1 aliphatic rings. The fourth-order valence-electron chi connectivity index (χ4n) is 2.30. The molecule has 0 saturated carbocycles. The maximum absolute atomic E-state index is 5.79. The number of rotatable bonds is 5. The lowest BCUT2D eigenvalue weighted by Crippen LogP contribution is -2.49. The van der Waals surface area contributed by atoms with Crippen LogP contribution in [0.25, 0.3) is 0 Å². The van der Waals surface area contributed by atoms with Crippen molar-refractivity contribution in [3.8, 4) is 0 Å². The van der Waals surface area contributed by atoms with E-state index in [-0.39, 0.29) is 12.1 Å². The molecule has 0 spiro atoms. The van der Waals surface area contributed by atoms with Crippen LogP contribution in [-0.2, 0) is 4.74 Å². The van der Waals surface area contributed by atoms with E-state index in [1.165, 1.54) is 0 Å². The molecule has 0 aromatic carbocycles. The second-order valence-corrected chi connectivity index (χ2v) is 5.52. The zero-order valence-corrected chi connectivity index (χ0v) is 12.3. The van der Waals surface area contributed by atoms with E-state index < -0.39 is 0 Å². The monoisotopic (exact) mass is 267 g/mol. The molecule has 0 bridgehead atoms. The Bertz CT molecular complexity index is 392. The van der Waals surface area contributed by atoms with Crippen LogP contribution in [0.3, 0.4) is 0 Å². The van der Waals surface area contributed by atoms with Gasteiger partial charge in [0.2, 0.25) is 5.89 Å². The van der Waals surface area contributed by atoms with E-state index in [0.717, 1.165) is 37.9 Å². The summed E-state index contributed by atoms with van der Waals surface area (Å²) in [4.78, 5) is 6.70. The van der Waals surface area contributed by atoms with E-state index in [2.05, 4.69) is 36.0 Å². The van der Waals surface area contributed by atoms with Crippen molar-refractivity contribution in [2.24, 2.45) is 0 Å². The van der Waals surface area contributed by atoms with E-state index in [9.17, 15) is 0 Å². The van der Waals surface area contributed by atoms with Gasteiger partial charge in [0.05, 0.1) is 24.9 Å². The molecule has 1 aromatic rings. The van der Waals surface area contributed by atoms with Crippen LogP contribution in [0.4, 0.5) is 0 Å². The summed E-state index contributed by atoms with van der Waals surface area (Å²) in [5.41, 5.74) is 0. The van der Waals surface area contributed by atoms with Crippen LogP contribution in [0.5, 0.6) is 0 Å². The molecule has 0 aliphatic carbocycles. The lowest BCUT2D eigenvalue weighted by molar-refractivity contribution is -0.0382. The molecule has 19 heavy (non-hydrogen) atoms. The molecule has 2 atom stereocenters. The average Bonchev–Trinajstić information content (AvgIpc) is 2.83. The summed E-state index contributed by atoms with van der Waals surface area (Å²) >= 11 is 0. The summed E-state index contributed by atoms with van der Waals surface area (Å²) in [6, 6.07) is 0.699. The molecule has 5 heteroatoms. The molecular weight excluding hydrogens is 242 g/mol. The molecule has 5 nitrogen and oxygen atoms in total. The van der Waals surface area contributed by atoms with E-state index in [4.69, 9.17) is 9.15 Å². The van der Waals surface area contributed by atoms with Crippen LogP contribution in [-0.4, -0.2) is 48.3 Å². The van der Waals surface area contributed by atoms with Crippen molar-refractivity contribution in [2.75, 3.05) is 26.2 Å². The van der Waals surface area contributed by atoms with E-state index in [1.807, 2.05) is 6.92 Å². The van der Waals surface area contributed by atoms with E-state index >= 15 is 0 Å². The van der Waals surface area contributed by atoms with Gasteiger partial charge in [0.15, 0.2) is 0 Å². The Hall–Kier alpha value is -0.910. The molecule has 108 valence electrons. The first kappa shape index (κ1) is 14.5. The number of aromatic nitrogens is 1. The van der Waals surface area contributed by atoms with Gasteiger partial charge in [-0.1, -0.05) is 0 Å². The first-order valence-electron chi connectivity index (χ1n) is 7.07. The highest BCUT2D eigenvalue weighted by molar-refractivity contribution is 4.95. The lowest BCUT2D eigenvalue weighted by Gasteiger charge is -2.35. The number of hydrogen-bond donors (Lipinski definition) is 1. The van der Waals surface area contributed by atoms with E-state index in [1.54, 1.807) is 6.20 Å². The summed E-state index contributed by atoms with van der Waals surface area (Å²) in [6.07, 6.45) is 2.00. The Morgan fingerprint density at radius 2 is 2.26 bits per heavy atom. The van der Waals surface area contributed by atoms with Gasteiger partial charge in [-0.3, -0.25) is 4.90 Å². The third-order valence-electron chi connectivity index (χ3n) is 3.56. The minimum Gasteiger partial charge on any atom is -0.444 e. The molecule has 1 N–H and O–H groups in total. The highest BCUT2D eigenvalue weighted by atomic mass is 16.5. The van der Waals surface area contributed by atoms with Crippen molar-refractivity contribution < 1.29 is 9.15 Å². The zero-order valence-electron chi connectivity index (χ0n) is 12.3. The number of nitrogens with one attached hydrogen (secondary N) is 1. The SMILES string of the molecule is Cc1cnc(C(C)NCC2CN(C(C)C)CCO2)o1. The summed E-state index contributed by atoms with van der Waals surface area (Å²) < 4.78 is 11.3. The Kier molecular flexibility index (Phi) is 4.96. The van der Waals surface area contributed by atoms with Gasteiger partial charge in [-0.05, 0) is 27.7 Å². The highest BCUT2D eigenvalue weighted by Gasteiger charge is 2.23. The summed E-state index contributed by atoms with van der Waals surface area (Å²) in [5, 5.41) is 3.43. The van der Waals surface area contributed by atoms with Crippen molar-refractivity contribution in [2.45, 2.75) is 45.9 Å². The maximum Gasteiger partial charge on any atom is 0.211 e. The Morgan fingerprint density at radius 3 is 2.89 bits per heavy atom. The number of nitrogens with zero attached hydrogens (tertiary/aromatic N) is 2. The van der Waals surface area contributed by atoms with Crippen molar-refractivity contribution in [3.05, 3.63) is 17.8 Å². The molecule has 0 radical (unpaired) electrons. The Morgan fingerprint density at radius 1 is 1.47 bits per heavy atom. The smallest absolute Gasteiger partial charge is 0.211 e. The fraction of sp³-hybridized carbons (Fsp3) is 0.786. The van der Waals surface area contributed by atoms with Gasteiger partial charge in [0, 0.05) is 25.7 Å². The zero-order chi connectivity index (χ0) is 13.8. The molecule has 2 heterocycles. The normalized spacial score (nSPS) is 22.9. The number of morpholine rings is 1. The number of aryl methyl sites for hydroxylation is 1. The second kappa shape index (κ2) is 6.50. The molecule has 1 aliphatic heterocycles. The molecule has 0 amide bonds. The van der Waals surface area contributed by atoms with Crippen molar-refractivity contribution in [1.82, 2.24) is 15.2 Å². The van der Waals surface area contributed by atoms with Gasteiger partial charge in [0.25, 0.3) is 0 Å². The van der Waals surface area contributed by atoms with Crippen LogP contribution in [0.1, 0.15) is 38.5 Å². The van der Waals surface area contributed by atoms with Crippen LogP contribution in [0.15, 0.2) is 10.6 Å². The molecule has 1 aromatic heterocycles. The van der Waals surface area contributed by atoms with Gasteiger partial charge in [-0.25, -0.2) is 4.98 Å². The minimum atomic E-state index is 0.117. The van der Waals surface area contributed by atoms with Crippen LogP contribution < -0.4 is 5.32 Å². The summed E-state index contributed by atoms with van der Waals surface area (Å²) in [5.74, 6) is 1.59. The number of hydrogen-bond acceptors (Lipinski definition) is 5. The second-order valence-electron chi connectivity index (χ2n) is 5.52. The molecule has 1 saturated heterocycles. The molecule has 2 rings (SSSR count). The van der Waals surface area contributed by atoms with Gasteiger partial charge >= 0.3 is 0 Å². The van der Waals surface area contributed by atoms with Crippen molar-refractivity contribution >= 4 is 0 Å². The van der Waals surface area contributed by atoms with Gasteiger partial charge < -0.3 is 14.5 Å². The standard InChI is InChI=1S/C14H25N3O2/c1-10(2)17-5-6-18-13(9-17)8-15-12(4)14-16-7-11(3)19-14/h7,10,12-13,15H,5-6,8-9H2,1-4H3. The topological polar surface area (TPSA) is 50.5 Å². The third-order valence-corrected chi connectivity index (χ3v) is 3.56. The quantitative estimate of drug-likeness (QED) is 0.880. The summed E-state index contributed by atoms with van der Waals surface area (Å²) in [6.45, 7) is 12.1. The Labute approximate surface area is 115 Å². The fourth-order valence-corrected chi connectivity index (χ4v) is 2.30. The first-order valence-corrected chi connectivity index (χ1v) is 7.07. The maximum atomic E-state index is 5.79. The lowest BCUT2D eigenvalue weighted by atomic mass is 10.2. The van der Waals surface area contributed by atoms with E-state index in [0.29, 0.717) is 6.04 Å². The Balaban J connectivity index is 1.78. The minimum absolute atomic E-state index is 0.117. The first-order chi connectivity index (χ1) is 9.06. The molecule has 2 unspecified atom stereocenters. The molecule has 1 fully saturated rings. The highest BCUT2D eigenvalue weighted by Crippen LogP contribution is 2.13. The van der Waals surface area contributed by atoms with Gasteiger partial charge in [0.1, 0.15) is 5.76 Å². The van der Waals surface area contributed by atoms with Crippen LogP contribution in [0, 0.1) is 6.92 Å². The van der Waals surface area contributed by atoms with Crippen molar-refractivity contribution in [3.63, 3.8) is 0 Å². The van der Waals surface area contributed by atoms with Gasteiger partial charge in [-0.15, -0.1) is 0 Å². The molecular formula is C14H25N3O2. The largest absolute Gasteiger partial charge is 0.444 e. The number of oxazole rings is 1. The number of ether oxygens (including phenoxy) is 1. The predicted octanol–water partition coefficient (Wildman–Crippen LogP) is 1.74. The van der Waals surface area contributed by atoms with Crippen molar-refractivity contribution in [1.29, 1.82) is 0 Å². The average molecular weight is 267 g/mol. The van der Waals surface area contributed by atoms with Gasteiger partial charge in [-0.2, -0.15) is 0 Å². The van der Waals surface area contributed by atoms with Crippen LogP contribution >= 0.6 is 0 Å². The summed E-state index contributed by atoms with van der Waals surface area (Å²) in [7, 11) is 0. The third kappa shape index (κ3) is 4.03.